The fraction of sp³-hybridized carbons (Fsp3) is 0.429. The highest BCUT2D eigenvalue weighted by atomic mass is 19.3. The second kappa shape index (κ2) is 11.3. The Morgan fingerprint density at radius 2 is 1.72 bits per heavy atom. The van der Waals surface area contributed by atoms with Crippen LogP contribution in [0.25, 0.3) is 0 Å². The normalized spacial score (nSPS) is 13.1. The third-order valence-electron chi connectivity index (χ3n) is 4.11. The standard InChI is InChI=1S/C17H19F2N3O2.C4H8O/c1-10(2)12-6-4-5-7-13(12)21-17(23)22-14-9-8-11(3)20-15(14)24-16(18)19;1-2-4-5-3-1/h4-10,16H,1-3H3,(H2,21,22,23);1-4H2. The van der Waals surface area contributed by atoms with Gasteiger partial charge in [0.2, 0.25) is 5.88 Å². The zero-order chi connectivity index (χ0) is 21.2. The molecule has 2 N–H and O–H groups in total. The highest BCUT2D eigenvalue weighted by Gasteiger charge is 2.15. The molecule has 0 saturated carbocycles. The number of para-hydroxylation sites is 1. The molecule has 0 aliphatic carbocycles. The van der Waals surface area contributed by atoms with Crippen molar-refractivity contribution in [3.63, 3.8) is 0 Å². The SMILES string of the molecule is C1CCOC1.Cc1ccc(NC(=O)Nc2ccccc2C(C)C)c(OC(F)F)n1. The van der Waals surface area contributed by atoms with Crippen molar-refractivity contribution in [3.05, 3.63) is 47.7 Å². The van der Waals surface area contributed by atoms with Gasteiger partial charge in [-0.1, -0.05) is 32.0 Å². The fourth-order valence-electron chi connectivity index (χ4n) is 2.70. The Morgan fingerprint density at radius 1 is 1.07 bits per heavy atom. The van der Waals surface area contributed by atoms with E-state index in [1.54, 1.807) is 25.1 Å². The first-order valence-electron chi connectivity index (χ1n) is 9.54. The monoisotopic (exact) mass is 407 g/mol. The molecule has 2 amide bonds. The van der Waals surface area contributed by atoms with Crippen LogP contribution < -0.4 is 15.4 Å². The van der Waals surface area contributed by atoms with Gasteiger partial charge in [0.05, 0.1) is 0 Å². The molecule has 0 atom stereocenters. The van der Waals surface area contributed by atoms with Crippen molar-refractivity contribution in [1.82, 2.24) is 4.98 Å². The van der Waals surface area contributed by atoms with Gasteiger partial charge >= 0.3 is 12.6 Å². The molecule has 1 aliphatic rings. The van der Waals surface area contributed by atoms with Gasteiger partial charge in [-0.3, -0.25) is 0 Å². The Bertz CT molecular complexity index is 789. The summed E-state index contributed by atoms with van der Waals surface area (Å²) in [6, 6.07) is 9.88. The van der Waals surface area contributed by atoms with Crippen molar-refractivity contribution in [3.8, 4) is 5.88 Å². The van der Waals surface area contributed by atoms with Gasteiger partial charge in [-0.2, -0.15) is 8.78 Å². The Morgan fingerprint density at radius 3 is 2.31 bits per heavy atom. The smallest absolute Gasteiger partial charge is 0.388 e. The van der Waals surface area contributed by atoms with Crippen molar-refractivity contribution in [2.45, 2.75) is 46.1 Å². The van der Waals surface area contributed by atoms with Crippen LogP contribution in [0.1, 0.15) is 43.9 Å². The average molecular weight is 407 g/mol. The molecule has 0 spiro atoms. The van der Waals surface area contributed by atoms with Crippen LogP contribution in [-0.2, 0) is 4.74 Å². The highest BCUT2D eigenvalue weighted by Crippen LogP contribution is 2.26. The van der Waals surface area contributed by atoms with E-state index in [9.17, 15) is 13.6 Å². The van der Waals surface area contributed by atoms with Gasteiger partial charge in [-0.25, -0.2) is 9.78 Å². The average Bonchev–Trinajstić information content (AvgIpc) is 3.24. The summed E-state index contributed by atoms with van der Waals surface area (Å²) in [7, 11) is 0. The summed E-state index contributed by atoms with van der Waals surface area (Å²) in [6.45, 7) is 4.64. The van der Waals surface area contributed by atoms with Crippen LogP contribution in [0.2, 0.25) is 0 Å². The van der Waals surface area contributed by atoms with Crippen LogP contribution in [0.15, 0.2) is 36.4 Å². The molecule has 8 heteroatoms. The number of carbonyl (C=O) groups excluding carboxylic acids is 1. The maximum atomic E-state index is 12.5. The summed E-state index contributed by atoms with van der Waals surface area (Å²) in [5, 5.41) is 5.20. The Balaban J connectivity index is 0.000000521. The maximum Gasteiger partial charge on any atom is 0.388 e. The zero-order valence-electron chi connectivity index (χ0n) is 16.9. The van der Waals surface area contributed by atoms with Gasteiger partial charge < -0.3 is 20.1 Å². The van der Waals surface area contributed by atoms with Crippen molar-refractivity contribution < 1.29 is 23.0 Å². The third-order valence-corrected chi connectivity index (χ3v) is 4.11. The van der Waals surface area contributed by atoms with E-state index in [1.165, 1.54) is 18.9 Å². The van der Waals surface area contributed by atoms with E-state index in [-0.39, 0.29) is 17.5 Å². The second-order valence-corrected chi connectivity index (χ2v) is 6.82. The number of amides is 2. The molecule has 1 saturated heterocycles. The van der Waals surface area contributed by atoms with E-state index < -0.39 is 12.6 Å². The minimum absolute atomic E-state index is 0.0698. The summed E-state index contributed by atoms with van der Waals surface area (Å²) in [5.74, 6) is -0.0995. The topological polar surface area (TPSA) is 72.5 Å². The summed E-state index contributed by atoms with van der Waals surface area (Å²) in [6.07, 6.45) is 2.56. The lowest BCUT2D eigenvalue weighted by Crippen LogP contribution is -2.21. The van der Waals surface area contributed by atoms with E-state index in [0.717, 1.165) is 18.8 Å². The van der Waals surface area contributed by atoms with Gasteiger partial charge in [0.15, 0.2) is 0 Å². The summed E-state index contributed by atoms with van der Waals surface area (Å²) in [5.41, 5.74) is 2.20. The van der Waals surface area contributed by atoms with Crippen molar-refractivity contribution in [2.75, 3.05) is 23.8 Å². The molecule has 0 radical (unpaired) electrons. The minimum atomic E-state index is -3.02. The highest BCUT2D eigenvalue weighted by molar-refractivity contribution is 6.01. The second-order valence-electron chi connectivity index (χ2n) is 6.82. The van der Waals surface area contributed by atoms with Crippen LogP contribution >= 0.6 is 0 Å². The summed E-state index contributed by atoms with van der Waals surface area (Å²) < 4.78 is 34.2. The predicted octanol–water partition coefficient (Wildman–Crippen LogP) is 5.56. The lowest BCUT2D eigenvalue weighted by molar-refractivity contribution is -0.0523. The van der Waals surface area contributed by atoms with E-state index >= 15 is 0 Å². The lowest BCUT2D eigenvalue weighted by atomic mass is 10.0. The molecule has 1 aromatic heterocycles. The van der Waals surface area contributed by atoms with Crippen molar-refractivity contribution in [2.24, 2.45) is 0 Å². The Kier molecular flexibility index (Phi) is 8.79. The number of carbonyl (C=O) groups is 1. The molecule has 2 heterocycles. The lowest BCUT2D eigenvalue weighted by Gasteiger charge is -2.15. The molecule has 29 heavy (non-hydrogen) atoms. The summed E-state index contributed by atoms with van der Waals surface area (Å²) >= 11 is 0. The number of rotatable bonds is 5. The molecule has 0 unspecified atom stereocenters. The summed E-state index contributed by atoms with van der Waals surface area (Å²) in [4.78, 5) is 16.1. The number of urea groups is 1. The van der Waals surface area contributed by atoms with Crippen molar-refractivity contribution in [1.29, 1.82) is 0 Å². The van der Waals surface area contributed by atoms with Crippen molar-refractivity contribution >= 4 is 17.4 Å². The first kappa shape index (κ1) is 22.5. The van der Waals surface area contributed by atoms with E-state index in [2.05, 4.69) is 20.4 Å². The molecule has 2 aromatic rings. The number of hydrogen-bond acceptors (Lipinski definition) is 4. The Hall–Kier alpha value is -2.74. The van der Waals surface area contributed by atoms with Gasteiger partial charge in [0.1, 0.15) is 5.69 Å². The quantitative estimate of drug-likeness (QED) is 0.681. The largest absolute Gasteiger partial charge is 0.415 e. The van der Waals surface area contributed by atoms with Gasteiger partial charge in [-0.15, -0.1) is 0 Å². The molecular formula is C21H27F2N3O3. The van der Waals surface area contributed by atoms with Gasteiger partial charge in [-0.05, 0) is 49.4 Å². The maximum absolute atomic E-state index is 12.5. The number of aryl methyl sites for hydroxylation is 1. The number of nitrogens with one attached hydrogen (secondary N) is 2. The van der Waals surface area contributed by atoms with Gasteiger partial charge in [0, 0.05) is 24.6 Å². The number of anilines is 2. The number of hydrogen-bond donors (Lipinski definition) is 2. The zero-order valence-corrected chi connectivity index (χ0v) is 16.9. The number of aromatic nitrogens is 1. The molecule has 1 aromatic carbocycles. The van der Waals surface area contributed by atoms with Crippen LogP contribution in [0, 0.1) is 6.92 Å². The molecule has 158 valence electrons. The number of halogens is 2. The molecule has 6 nitrogen and oxygen atoms in total. The first-order valence-corrected chi connectivity index (χ1v) is 9.54. The molecule has 3 rings (SSSR count). The van der Waals surface area contributed by atoms with Crippen LogP contribution in [0.4, 0.5) is 25.0 Å². The molecule has 1 aliphatic heterocycles. The van der Waals surface area contributed by atoms with Crippen LogP contribution in [-0.4, -0.2) is 30.8 Å². The number of benzene rings is 1. The molecule has 1 fully saturated rings. The van der Waals surface area contributed by atoms with Gasteiger partial charge in [0.25, 0.3) is 0 Å². The van der Waals surface area contributed by atoms with E-state index in [0.29, 0.717) is 11.4 Å². The van der Waals surface area contributed by atoms with E-state index in [4.69, 9.17) is 4.74 Å². The number of nitrogens with zero attached hydrogens (tertiary/aromatic N) is 1. The number of pyridine rings is 1. The number of alkyl halides is 2. The molecule has 0 bridgehead atoms. The Labute approximate surface area is 169 Å². The molecular weight excluding hydrogens is 380 g/mol. The van der Waals surface area contributed by atoms with Crippen LogP contribution in [0.5, 0.6) is 5.88 Å². The fourth-order valence-corrected chi connectivity index (χ4v) is 2.70. The minimum Gasteiger partial charge on any atom is -0.415 e. The van der Waals surface area contributed by atoms with Crippen LogP contribution in [0.3, 0.4) is 0 Å². The third kappa shape index (κ3) is 7.65. The number of ether oxygens (including phenoxy) is 2. The van der Waals surface area contributed by atoms with E-state index in [1.807, 2.05) is 26.0 Å². The predicted molar refractivity (Wildman–Crippen MR) is 109 cm³/mol. The first-order chi connectivity index (χ1) is 13.9.